The molecule has 7 heteroatoms. The van der Waals surface area contributed by atoms with E-state index < -0.39 is 17.6 Å². The van der Waals surface area contributed by atoms with E-state index in [1.54, 1.807) is 0 Å². The van der Waals surface area contributed by atoms with E-state index in [0.717, 1.165) is 12.1 Å². The molecule has 0 aliphatic rings. The second kappa shape index (κ2) is 5.21. The van der Waals surface area contributed by atoms with Crippen LogP contribution in [0.5, 0.6) is 0 Å². The van der Waals surface area contributed by atoms with Crippen molar-refractivity contribution in [1.82, 2.24) is 9.97 Å². The summed E-state index contributed by atoms with van der Waals surface area (Å²) < 4.78 is 50.9. The van der Waals surface area contributed by atoms with Crippen molar-refractivity contribution in [2.45, 2.75) is 12.7 Å². The summed E-state index contributed by atoms with van der Waals surface area (Å²) in [6.07, 6.45) is -0.150. The molecule has 0 amide bonds. The van der Waals surface area contributed by atoms with Gasteiger partial charge in [-0.1, -0.05) is 0 Å². The zero-order chi connectivity index (χ0) is 13.9. The molecule has 1 N–H and O–H groups in total. The van der Waals surface area contributed by atoms with Crippen molar-refractivity contribution < 1.29 is 17.6 Å². The summed E-state index contributed by atoms with van der Waals surface area (Å²) in [5.74, 6) is -0.753. The lowest BCUT2D eigenvalue weighted by Crippen LogP contribution is -2.08. The topological polar surface area (TPSA) is 37.8 Å². The molecule has 0 atom stereocenters. The third-order valence-electron chi connectivity index (χ3n) is 2.37. The normalized spacial score (nSPS) is 11.4. The van der Waals surface area contributed by atoms with Gasteiger partial charge in [-0.2, -0.15) is 13.2 Å². The van der Waals surface area contributed by atoms with Gasteiger partial charge in [0.25, 0.3) is 0 Å². The quantitative estimate of drug-likeness (QED) is 0.871. The molecule has 0 radical (unpaired) electrons. The summed E-state index contributed by atoms with van der Waals surface area (Å²) in [6.45, 7) is 0.0894. The first-order chi connectivity index (χ1) is 8.97. The zero-order valence-electron chi connectivity index (χ0n) is 9.58. The number of nitrogens with one attached hydrogen (secondary N) is 1. The molecule has 3 nitrogen and oxygen atoms in total. The fourth-order valence-corrected chi connectivity index (χ4v) is 1.44. The van der Waals surface area contributed by atoms with Crippen LogP contribution in [0.3, 0.4) is 0 Å². The first-order valence-electron chi connectivity index (χ1n) is 5.32. The van der Waals surface area contributed by atoms with Gasteiger partial charge in [-0.3, -0.25) is 9.97 Å². The van der Waals surface area contributed by atoms with Gasteiger partial charge in [0.05, 0.1) is 29.7 Å². The Morgan fingerprint density at radius 3 is 2.58 bits per heavy atom. The minimum atomic E-state index is -4.50. The molecule has 0 spiro atoms. The number of halogens is 4. The summed E-state index contributed by atoms with van der Waals surface area (Å²) in [6, 6.07) is 2.20. The highest BCUT2D eigenvalue weighted by Gasteiger charge is 2.31. The third kappa shape index (κ3) is 3.40. The summed E-state index contributed by atoms with van der Waals surface area (Å²) in [4.78, 5) is 7.72. The second-order valence-electron chi connectivity index (χ2n) is 3.74. The fourth-order valence-electron chi connectivity index (χ4n) is 1.44. The van der Waals surface area contributed by atoms with Crippen molar-refractivity contribution in [2.75, 3.05) is 5.32 Å². The van der Waals surface area contributed by atoms with E-state index in [1.807, 2.05) is 0 Å². The van der Waals surface area contributed by atoms with Crippen LogP contribution in [0.2, 0.25) is 0 Å². The Bertz CT molecular complexity index is 555. The maximum absolute atomic E-state index is 13.4. The lowest BCUT2D eigenvalue weighted by Gasteiger charge is -2.11. The number of anilines is 1. The molecular weight excluding hydrogens is 262 g/mol. The molecule has 0 saturated carbocycles. The van der Waals surface area contributed by atoms with Gasteiger partial charge < -0.3 is 5.32 Å². The molecule has 2 rings (SSSR count). The van der Waals surface area contributed by atoms with Crippen LogP contribution in [0.25, 0.3) is 0 Å². The van der Waals surface area contributed by atoms with Crippen molar-refractivity contribution in [3.8, 4) is 0 Å². The van der Waals surface area contributed by atoms with Gasteiger partial charge >= 0.3 is 6.18 Å². The minimum absolute atomic E-state index is 0.0894. The smallest absolute Gasteiger partial charge is 0.377 e. The zero-order valence-corrected chi connectivity index (χ0v) is 9.58. The highest BCUT2D eigenvalue weighted by Crippen LogP contribution is 2.31. The van der Waals surface area contributed by atoms with Crippen molar-refractivity contribution in [1.29, 1.82) is 0 Å². The average molecular weight is 271 g/mol. The Morgan fingerprint density at radius 2 is 1.95 bits per heavy atom. The maximum Gasteiger partial charge on any atom is 0.416 e. The lowest BCUT2D eigenvalue weighted by molar-refractivity contribution is -0.137. The minimum Gasteiger partial charge on any atom is -0.377 e. The second-order valence-corrected chi connectivity index (χ2v) is 3.74. The number of hydrogen-bond acceptors (Lipinski definition) is 3. The predicted molar refractivity (Wildman–Crippen MR) is 60.8 cm³/mol. The van der Waals surface area contributed by atoms with Gasteiger partial charge in [0.1, 0.15) is 5.82 Å². The molecule has 1 heterocycles. The van der Waals surface area contributed by atoms with Gasteiger partial charge in [0, 0.05) is 12.4 Å². The van der Waals surface area contributed by atoms with E-state index >= 15 is 0 Å². The highest BCUT2D eigenvalue weighted by molar-refractivity contribution is 5.48. The predicted octanol–water partition coefficient (Wildman–Crippen LogP) is 3.25. The number of nitrogens with zero attached hydrogens (tertiary/aromatic N) is 2. The van der Waals surface area contributed by atoms with Gasteiger partial charge in [-0.25, -0.2) is 4.39 Å². The van der Waals surface area contributed by atoms with Crippen LogP contribution < -0.4 is 5.32 Å². The van der Waals surface area contributed by atoms with Crippen molar-refractivity contribution in [3.63, 3.8) is 0 Å². The molecule has 100 valence electrons. The highest BCUT2D eigenvalue weighted by atomic mass is 19.4. The van der Waals surface area contributed by atoms with Gasteiger partial charge in [0.15, 0.2) is 0 Å². The van der Waals surface area contributed by atoms with Crippen LogP contribution in [0.1, 0.15) is 11.3 Å². The molecule has 2 aromatic rings. The monoisotopic (exact) mass is 271 g/mol. The van der Waals surface area contributed by atoms with Crippen LogP contribution in [-0.4, -0.2) is 9.97 Å². The van der Waals surface area contributed by atoms with E-state index in [4.69, 9.17) is 0 Å². The molecule has 1 aromatic heterocycles. The first-order valence-corrected chi connectivity index (χ1v) is 5.32. The molecule has 0 bridgehead atoms. The van der Waals surface area contributed by atoms with Crippen LogP contribution in [0.4, 0.5) is 23.2 Å². The molecule has 19 heavy (non-hydrogen) atoms. The van der Waals surface area contributed by atoms with Crippen LogP contribution in [0, 0.1) is 5.82 Å². The molecular formula is C12H9F4N3. The Labute approximate surface area is 106 Å². The van der Waals surface area contributed by atoms with Crippen LogP contribution in [-0.2, 0) is 12.7 Å². The van der Waals surface area contributed by atoms with Gasteiger partial charge in [0.2, 0.25) is 0 Å². The molecule has 0 unspecified atom stereocenters. The van der Waals surface area contributed by atoms with E-state index in [0.29, 0.717) is 11.8 Å². The van der Waals surface area contributed by atoms with Crippen molar-refractivity contribution in [2.24, 2.45) is 0 Å². The Balaban J connectivity index is 2.16. The Hall–Kier alpha value is -2.18. The lowest BCUT2D eigenvalue weighted by atomic mass is 10.2. The van der Waals surface area contributed by atoms with Crippen molar-refractivity contribution in [3.05, 3.63) is 53.9 Å². The molecule has 0 aliphatic heterocycles. The number of rotatable bonds is 3. The Morgan fingerprint density at radius 1 is 1.16 bits per heavy atom. The average Bonchev–Trinajstić information content (AvgIpc) is 2.37. The molecule has 0 saturated heterocycles. The number of aromatic nitrogens is 2. The first kappa shape index (κ1) is 13.3. The summed E-state index contributed by atoms with van der Waals surface area (Å²) in [7, 11) is 0. The third-order valence-corrected chi connectivity index (χ3v) is 2.37. The molecule has 0 aliphatic carbocycles. The summed E-state index contributed by atoms with van der Waals surface area (Å²) in [5.41, 5.74) is -0.629. The summed E-state index contributed by atoms with van der Waals surface area (Å²) in [5, 5.41) is 2.56. The number of benzene rings is 1. The van der Waals surface area contributed by atoms with E-state index in [-0.39, 0.29) is 12.2 Å². The van der Waals surface area contributed by atoms with E-state index in [1.165, 1.54) is 18.6 Å². The number of hydrogen-bond donors (Lipinski definition) is 1. The van der Waals surface area contributed by atoms with E-state index in [2.05, 4.69) is 15.3 Å². The number of alkyl halides is 3. The fraction of sp³-hybridized carbons (Fsp3) is 0.167. The maximum atomic E-state index is 13.4. The Kier molecular flexibility index (Phi) is 3.64. The van der Waals surface area contributed by atoms with Crippen LogP contribution in [0.15, 0.2) is 36.8 Å². The van der Waals surface area contributed by atoms with E-state index in [9.17, 15) is 17.6 Å². The largest absolute Gasteiger partial charge is 0.416 e. The van der Waals surface area contributed by atoms with Gasteiger partial charge in [-0.05, 0) is 18.2 Å². The van der Waals surface area contributed by atoms with Gasteiger partial charge in [-0.15, -0.1) is 0 Å². The standard InChI is InChI=1S/C12H9F4N3/c13-10-2-1-8(12(14,15)16)5-11(10)19-7-9-6-17-3-4-18-9/h1-6,19H,7H2. The summed E-state index contributed by atoms with van der Waals surface area (Å²) >= 11 is 0. The molecule has 0 fully saturated rings. The van der Waals surface area contributed by atoms with Crippen LogP contribution >= 0.6 is 0 Å². The molecule has 1 aromatic carbocycles. The SMILES string of the molecule is Fc1ccc(C(F)(F)F)cc1NCc1cnccn1. The van der Waals surface area contributed by atoms with Crippen molar-refractivity contribution >= 4 is 5.69 Å².